The smallest absolute Gasteiger partial charge is 0.270 e. The lowest BCUT2D eigenvalue weighted by Gasteiger charge is -2.17. The maximum absolute atomic E-state index is 12.8. The van der Waals surface area contributed by atoms with E-state index in [0.29, 0.717) is 34.3 Å². The lowest BCUT2D eigenvalue weighted by atomic mass is 9.94. The average molecular weight is 361 g/mol. The molecule has 0 radical (unpaired) electrons. The molecule has 27 heavy (non-hydrogen) atoms. The van der Waals surface area contributed by atoms with Crippen molar-refractivity contribution in [2.24, 2.45) is 5.92 Å². The molecule has 0 saturated carbocycles. The summed E-state index contributed by atoms with van der Waals surface area (Å²) in [6, 6.07) is 12.6. The highest BCUT2D eigenvalue weighted by Crippen LogP contribution is 2.25. The molecule has 0 saturated heterocycles. The zero-order valence-electron chi connectivity index (χ0n) is 14.6. The van der Waals surface area contributed by atoms with Gasteiger partial charge in [0.1, 0.15) is 5.69 Å². The molecule has 0 spiro atoms. The summed E-state index contributed by atoms with van der Waals surface area (Å²) in [6.07, 6.45) is 8.00. The van der Waals surface area contributed by atoms with Crippen molar-refractivity contribution < 1.29 is 14.0 Å². The number of rotatable bonds is 3. The third-order valence-electron chi connectivity index (χ3n) is 4.67. The van der Waals surface area contributed by atoms with Gasteiger partial charge in [0.2, 0.25) is 5.91 Å². The van der Waals surface area contributed by atoms with Crippen LogP contribution < -0.4 is 10.9 Å². The Morgan fingerprint density at radius 2 is 1.96 bits per heavy atom. The second-order valence-electron chi connectivity index (χ2n) is 6.47. The highest BCUT2D eigenvalue weighted by atomic mass is 16.3. The van der Waals surface area contributed by atoms with Crippen molar-refractivity contribution in [3.8, 4) is 11.5 Å². The number of pyridine rings is 1. The minimum absolute atomic E-state index is 0.108. The van der Waals surface area contributed by atoms with Gasteiger partial charge in [-0.3, -0.25) is 20.4 Å². The van der Waals surface area contributed by atoms with Gasteiger partial charge in [-0.2, -0.15) is 0 Å². The van der Waals surface area contributed by atoms with E-state index in [9.17, 15) is 9.59 Å². The van der Waals surface area contributed by atoms with Crippen LogP contribution in [0.15, 0.2) is 65.3 Å². The van der Waals surface area contributed by atoms with Crippen LogP contribution in [0, 0.1) is 5.92 Å². The molecule has 1 atom stereocenters. The molecule has 136 valence electrons. The topological polar surface area (TPSA) is 84.2 Å². The van der Waals surface area contributed by atoms with Crippen molar-refractivity contribution in [2.75, 3.05) is 0 Å². The first kappa shape index (κ1) is 17.0. The normalized spacial score (nSPS) is 16.2. The van der Waals surface area contributed by atoms with Gasteiger partial charge < -0.3 is 4.42 Å². The van der Waals surface area contributed by atoms with Gasteiger partial charge in [-0.05, 0) is 43.5 Å². The lowest BCUT2D eigenvalue weighted by Crippen LogP contribution is -2.44. The highest BCUT2D eigenvalue weighted by molar-refractivity contribution is 6.07. The van der Waals surface area contributed by atoms with E-state index in [1.165, 1.54) is 0 Å². The Balaban J connectivity index is 1.59. The number of nitrogens with one attached hydrogen (secondary N) is 2. The fourth-order valence-electron chi connectivity index (χ4n) is 3.23. The molecule has 2 amide bonds. The maximum atomic E-state index is 12.8. The molecule has 0 bridgehead atoms. The van der Waals surface area contributed by atoms with Gasteiger partial charge in [-0.15, -0.1) is 0 Å². The van der Waals surface area contributed by atoms with Crippen LogP contribution in [0.4, 0.5) is 0 Å². The molecule has 2 aromatic heterocycles. The summed E-state index contributed by atoms with van der Waals surface area (Å²) in [5.41, 5.74) is 6.76. The summed E-state index contributed by atoms with van der Waals surface area (Å²) in [4.78, 5) is 29.6. The number of hydrogen-bond donors (Lipinski definition) is 2. The van der Waals surface area contributed by atoms with E-state index in [1.807, 2.05) is 30.3 Å². The van der Waals surface area contributed by atoms with Crippen LogP contribution in [0.1, 0.15) is 29.6 Å². The van der Waals surface area contributed by atoms with Crippen LogP contribution in [0.25, 0.3) is 22.4 Å². The Bertz CT molecular complexity index is 1010. The second kappa shape index (κ2) is 7.45. The second-order valence-corrected chi connectivity index (χ2v) is 6.47. The van der Waals surface area contributed by atoms with E-state index in [0.717, 1.165) is 12.8 Å². The van der Waals surface area contributed by atoms with Crippen molar-refractivity contribution in [1.82, 2.24) is 15.8 Å². The van der Waals surface area contributed by atoms with Crippen molar-refractivity contribution in [1.29, 1.82) is 0 Å². The number of carbonyl (C=O) groups excluding carboxylic acids is 2. The third-order valence-corrected chi connectivity index (χ3v) is 4.67. The van der Waals surface area contributed by atoms with E-state index in [1.54, 1.807) is 24.5 Å². The van der Waals surface area contributed by atoms with E-state index < -0.39 is 0 Å². The number of nitrogens with zero attached hydrogens (tertiary/aromatic N) is 1. The van der Waals surface area contributed by atoms with Gasteiger partial charge in [-0.25, -0.2) is 4.98 Å². The van der Waals surface area contributed by atoms with Crippen molar-refractivity contribution in [3.05, 3.63) is 66.4 Å². The third kappa shape index (κ3) is 3.60. The summed E-state index contributed by atoms with van der Waals surface area (Å²) in [7, 11) is 0. The number of para-hydroxylation sites is 1. The molecule has 0 aliphatic heterocycles. The van der Waals surface area contributed by atoms with Crippen molar-refractivity contribution in [3.63, 3.8) is 0 Å². The van der Waals surface area contributed by atoms with Gasteiger partial charge in [0.15, 0.2) is 5.76 Å². The van der Waals surface area contributed by atoms with E-state index in [-0.39, 0.29) is 17.7 Å². The largest absolute Gasteiger partial charge is 0.463 e. The first-order valence-corrected chi connectivity index (χ1v) is 8.91. The zero-order valence-corrected chi connectivity index (χ0v) is 14.6. The van der Waals surface area contributed by atoms with Gasteiger partial charge >= 0.3 is 0 Å². The number of benzene rings is 1. The predicted octanol–water partition coefficient (Wildman–Crippen LogP) is 3.61. The molecule has 4 rings (SSSR count). The molecule has 1 aliphatic carbocycles. The van der Waals surface area contributed by atoms with Crippen molar-refractivity contribution in [2.45, 2.75) is 19.3 Å². The minimum atomic E-state index is -0.388. The Hall–Kier alpha value is -3.41. The Kier molecular flexibility index (Phi) is 4.70. The van der Waals surface area contributed by atoms with Crippen molar-refractivity contribution >= 4 is 22.7 Å². The van der Waals surface area contributed by atoms with Crippen LogP contribution in [-0.2, 0) is 4.79 Å². The molecular weight excluding hydrogens is 342 g/mol. The Morgan fingerprint density at radius 1 is 1.07 bits per heavy atom. The average Bonchev–Trinajstić information content (AvgIpc) is 3.26. The summed E-state index contributed by atoms with van der Waals surface area (Å²) in [5.74, 6) is -0.0885. The molecule has 6 heteroatoms. The minimum Gasteiger partial charge on any atom is -0.463 e. The number of furan rings is 1. The lowest BCUT2D eigenvalue weighted by molar-refractivity contribution is -0.126. The number of allylic oxidation sites excluding steroid dienone is 2. The number of aromatic nitrogens is 1. The quantitative estimate of drug-likeness (QED) is 0.551. The molecule has 3 aromatic rings. The molecule has 1 aliphatic rings. The van der Waals surface area contributed by atoms with Crippen LogP contribution in [0.2, 0.25) is 0 Å². The van der Waals surface area contributed by atoms with E-state index in [4.69, 9.17) is 4.42 Å². The molecule has 2 heterocycles. The summed E-state index contributed by atoms with van der Waals surface area (Å²) < 4.78 is 5.41. The van der Waals surface area contributed by atoms with Gasteiger partial charge in [0.25, 0.3) is 5.91 Å². The Labute approximate surface area is 156 Å². The number of carbonyl (C=O) groups is 2. The SMILES string of the molecule is O=C(NNC(=O)C1CC=CCC1)c1cc(-c2ccco2)nc2ccccc12. The molecule has 2 N–H and O–H groups in total. The predicted molar refractivity (Wildman–Crippen MR) is 102 cm³/mol. The number of fused-ring (bicyclic) bond motifs is 1. The fraction of sp³-hybridized carbons (Fsp3) is 0.190. The van der Waals surface area contributed by atoms with Gasteiger partial charge in [0, 0.05) is 11.3 Å². The molecule has 1 unspecified atom stereocenters. The van der Waals surface area contributed by atoms with Crippen LogP contribution in [-0.4, -0.2) is 16.8 Å². The van der Waals surface area contributed by atoms with Crippen LogP contribution >= 0.6 is 0 Å². The summed E-state index contributed by atoms with van der Waals surface area (Å²) in [5, 5.41) is 0.708. The van der Waals surface area contributed by atoms with Crippen LogP contribution in [0.5, 0.6) is 0 Å². The van der Waals surface area contributed by atoms with E-state index >= 15 is 0 Å². The maximum Gasteiger partial charge on any atom is 0.270 e. The zero-order chi connectivity index (χ0) is 18.6. The first-order valence-electron chi connectivity index (χ1n) is 8.91. The van der Waals surface area contributed by atoms with Gasteiger partial charge in [0.05, 0.1) is 17.3 Å². The molecule has 0 fully saturated rings. The molecule has 1 aromatic carbocycles. The first-order chi connectivity index (χ1) is 13.2. The monoisotopic (exact) mass is 361 g/mol. The number of hydrogen-bond acceptors (Lipinski definition) is 4. The molecule has 6 nitrogen and oxygen atoms in total. The summed E-state index contributed by atoms with van der Waals surface area (Å²) in [6.45, 7) is 0. The number of amides is 2. The standard InChI is InChI=1S/C21H19N3O3/c25-20(14-7-2-1-3-8-14)23-24-21(26)16-13-18(19-11-6-12-27-19)22-17-10-5-4-9-15(16)17/h1-2,4-6,9-14H,3,7-8H2,(H,23,25)(H,24,26). The van der Waals surface area contributed by atoms with Crippen LogP contribution in [0.3, 0.4) is 0 Å². The Morgan fingerprint density at radius 3 is 2.74 bits per heavy atom. The summed E-state index contributed by atoms with van der Waals surface area (Å²) >= 11 is 0. The van der Waals surface area contributed by atoms with Gasteiger partial charge in [-0.1, -0.05) is 30.4 Å². The fourth-order valence-corrected chi connectivity index (χ4v) is 3.23. The highest BCUT2D eigenvalue weighted by Gasteiger charge is 2.20. The molecular formula is C21H19N3O3. The number of hydrazine groups is 1. The van der Waals surface area contributed by atoms with E-state index in [2.05, 4.69) is 21.9 Å².